The van der Waals surface area contributed by atoms with Crippen LogP contribution >= 0.6 is 0 Å². The minimum Gasteiger partial charge on any atom is -0.465 e. The van der Waals surface area contributed by atoms with E-state index in [-0.39, 0.29) is 12.4 Å². The minimum absolute atomic E-state index is 0.202. The standard InChI is InChI=1S/C20H19NO3/c1-3-24-20(23)19(14(2)22)12-15-8-10-16(11-9-15)18-7-5-4-6-17(18)13-21/h4-11,19H,3,12H2,1-2H3. The third kappa shape index (κ3) is 4.08. The number of esters is 1. The van der Waals surface area contributed by atoms with E-state index in [2.05, 4.69) is 6.07 Å². The lowest BCUT2D eigenvalue weighted by atomic mass is 9.93. The van der Waals surface area contributed by atoms with Crippen LogP contribution in [0.1, 0.15) is 25.0 Å². The summed E-state index contributed by atoms with van der Waals surface area (Å²) < 4.78 is 4.97. The predicted molar refractivity (Wildman–Crippen MR) is 91.1 cm³/mol. The Labute approximate surface area is 141 Å². The first-order valence-corrected chi connectivity index (χ1v) is 7.82. The molecule has 24 heavy (non-hydrogen) atoms. The van der Waals surface area contributed by atoms with Crippen molar-refractivity contribution in [1.29, 1.82) is 5.26 Å². The van der Waals surface area contributed by atoms with Crippen molar-refractivity contribution in [3.05, 3.63) is 59.7 Å². The van der Waals surface area contributed by atoms with E-state index < -0.39 is 11.9 Å². The predicted octanol–water partition coefficient (Wildman–Crippen LogP) is 3.54. The Balaban J connectivity index is 2.21. The number of ether oxygens (including phenoxy) is 1. The highest BCUT2D eigenvalue weighted by Crippen LogP contribution is 2.24. The summed E-state index contributed by atoms with van der Waals surface area (Å²) in [7, 11) is 0. The Morgan fingerprint density at radius 3 is 2.38 bits per heavy atom. The molecule has 0 heterocycles. The summed E-state index contributed by atoms with van der Waals surface area (Å²) >= 11 is 0. The monoisotopic (exact) mass is 321 g/mol. The zero-order valence-electron chi connectivity index (χ0n) is 13.8. The number of ketones is 1. The van der Waals surface area contributed by atoms with Crippen LogP contribution in [-0.2, 0) is 20.7 Å². The minimum atomic E-state index is -0.776. The molecule has 0 aliphatic heterocycles. The molecule has 0 aliphatic rings. The lowest BCUT2D eigenvalue weighted by Crippen LogP contribution is -2.26. The van der Waals surface area contributed by atoms with Gasteiger partial charge in [0.15, 0.2) is 0 Å². The van der Waals surface area contributed by atoms with Crippen LogP contribution in [0.5, 0.6) is 0 Å². The van der Waals surface area contributed by atoms with E-state index in [0.717, 1.165) is 16.7 Å². The molecule has 0 amide bonds. The molecule has 4 heteroatoms. The number of hydrogen-bond acceptors (Lipinski definition) is 4. The molecule has 2 aromatic rings. The van der Waals surface area contributed by atoms with Gasteiger partial charge in [-0.2, -0.15) is 5.26 Å². The molecule has 0 aliphatic carbocycles. The molecule has 0 fully saturated rings. The van der Waals surface area contributed by atoms with Gasteiger partial charge in [0.1, 0.15) is 11.7 Å². The average Bonchev–Trinajstić information content (AvgIpc) is 2.60. The maximum atomic E-state index is 11.9. The van der Waals surface area contributed by atoms with Crippen molar-refractivity contribution in [3.8, 4) is 17.2 Å². The van der Waals surface area contributed by atoms with Gasteiger partial charge in [-0.1, -0.05) is 42.5 Å². The van der Waals surface area contributed by atoms with E-state index in [1.54, 1.807) is 13.0 Å². The summed E-state index contributed by atoms with van der Waals surface area (Å²) in [6.07, 6.45) is 0.314. The van der Waals surface area contributed by atoms with Crippen molar-refractivity contribution in [2.45, 2.75) is 20.3 Å². The van der Waals surface area contributed by atoms with E-state index >= 15 is 0 Å². The van der Waals surface area contributed by atoms with Gasteiger partial charge in [0, 0.05) is 0 Å². The van der Waals surface area contributed by atoms with Crippen molar-refractivity contribution in [2.24, 2.45) is 5.92 Å². The molecule has 2 rings (SSSR count). The Bertz CT molecular complexity index is 772. The average molecular weight is 321 g/mol. The molecule has 0 radical (unpaired) electrons. The first-order chi connectivity index (χ1) is 11.6. The van der Waals surface area contributed by atoms with E-state index in [0.29, 0.717) is 12.0 Å². The Kier molecular flexibility index (Phi) is 5.86. The normalized spacial score (nSPS) is 11.4. The molecular weight excluding hydrogens is 302 g/mol. The second kappa shape index (κ2) is 8.07. The molecule has 0 saturated heterocycles. The van der Waals surface area contributed by atoms with Gasteiger partial charge < -0.3 is 4.74 Å². The van der Waals surface area contributed by atoms with Gasteiger partial charge in [0.25, 0.3) is 0 Å². The Morgan fingerprint density at radius 2 is 1.79 bits per heavy atom. The van der Waals surface area contributed by atoms with Gasteiger partial charge in [0.05, 0.1) is 18.2 Å². The smallest absolute Gasteiger partial charge is 0.316 e. The van der Waals surface area contributed by atoms with Crippen LogP contribution in [0.25, 0.3) is 11.1 Å². The van der Waals surface area contributed by atoms with Gasteiger partial charge in [-0.25, -0.2) is 0 Å². The van der Waals surface area contributed by atoms with Gasteiger partial charge >= 0.3 is 5.97 Å². The molecular formula is C20H19NO3. The highest BCUT2D eigenvalue weighted by Gasteiger charge is 2.24. The summed E-state index contributed by atoms with van der Waals surface area (Å²) in [6, 6.07) is 17.1. The summed E-state index contributed by atoms with van der Waals surface area (Å²) in [4.78, 5) is 23.6. The van der Waals surface area contributed by atoms with E-state index in [1.165, 1.54) is 6.92 Å². The number of hydrogen-bond donors (Lipinski definition) is 0. The quantitative estimate of drug-likeness (QED) is 0.603. The molecule has 0 spiro atoms. The van der Waals surface area contributed by atoms with Crippen molar-refractivity contribution < 1.29 is 14.3 Å². The first-order valence-electron chi connectivity index (χ1n) is 7.82. The lowest BCUT2D eigenvalue weighted by molar-refractivity contribution is -0.151. The zero-order chi connectivity index (χ0) is 17.5. The fourth-order valence-electron chi connectivity index (χ4n) is 2.52. The number of rotatable bonds is 6. The van der Waals surface area contributed by atoms with Crippen LogP contribution in [-0.4, -0.2) is 18.4 Å². The fourth-order valence-corrected chi connectivity index (χ4v) is 2.52. The summed E-state index contributed by atoms with van der Waals surface area (Å²) in [5.74, 6) is -1.46. The van der Waals surface area contributed by atoms with E-state index in [4.69, 9.17) is 4.74 Å². The number of nitriles is 1. The summed E-state index contributed by atoms with van der Waals surface area (Å²) in [5, 5.41) is 9.19. The second-order valence-corrected chi connectivity index (χ2v) is 5.47. The molecule has 2 aromatic carbocycles. The van der Waals surface area contributed by atoms with Crippen LogP contribution in [0.15, 0.2) is 48.5 Å². The van der Waals surface area contributed by atoms with Gasteiger partial charge in [-0.3, -0.25) is 9.59 Å². The highest BCUT2D eigenvalue weighted by molar-refractivity contribution is 5.98. The number of benzene rings is 2. The molecule has 0 bridgehead atoms. The molecule has 1 atom stereocenters. The van der Waals surface area contributed by atoms with Crippen LogP contribution in [0.4, 0.5) is 0 Å². The van der Waals surface area contributed by atoms with Crippen molar-refractivity contribution in [1.82, 2.24) is 0 Å². The van der Waals surface area contributed by atoms with E-state index in [9.17, 15) is 14.9 Å². The van der Waals surface area contributed by atoms with Crippen LogP contribution < -0.4 is 0 Å². The molecule has 0 saturated carbocycles. The second-order valence-electron chi connectivity index (χ2n) is 5.47. The van der Waals surface area contributed by atoms with Crippen molar-refractivity contribution >= 4 is 11.8 Å². The maximum absolute atomic E-state index is 11.9. The number of Topliss-reactive ketones (excluding diaryl/α,β-unsaturated/α-hetero) is 1. The third-order valence-corrected chi connectivity index (χ3v) is 3.81. The molecule has 122 valence electrons. The largest absolute Gasteiger partial charge is 0.465 e. The van der Waals surface area contributed by atoms with Gasteiger partial charge in [-0.15, -0.1) is 0 Å². The zero-order valence-corrected chi connectivity index (χ0v) is 13.8. The number of carbonyl (C=O) groups excluding carboxylic acids is 2. The van der Waals surface area contributed by atoms with Crippen LogP contribution in [0.2, 0.25) is 0 Å². The van der Waals surface area contributed by atoms with Crippen LogP contribution in [0, 0.1) is 17.2 Å². The van der Waals surface area contributed by atoms with Crippen molar-refractivity contribution in [2.75, 3.05) is 6.61 Å². The fraction of sp³-hybridized carbons (Fsp3) is 0.250. The van der Waals surface area contributed by atoms with Gasteiger partial charge in [-0.05, 0) is 43.0 Å². The molecule has 4 nitrogen and oxygen atoms in total. The van der Waals surface area contributed by atoms with Crippen LogP contribution in [0.3, 0.4) is 0 Å². The summed E-state index contributed by atoms with van der Waals surface area (Å²) in [5.41, 5.74) is 3.27. The topological polar surface area (TPSA) is 67.2 Å². The highest BCUT2D eigenvalue weighted by atomic mass is 16.5. The number of nitrogens with zero attached hydrogens (tertiary/aromatic N) is 1. The molecule has 0 aromatic heterocycles. The Hall–Kier alpha value is -2.93. The lowest BCUT2D eigenvalue weighted by Gasteiger charge is -2.13. The third-order valence-electron chi connectivity index (χ3n) is 3.81. The number of carbonyl (C=O) groups is 2. The maximum Gasteiger partial charge on any atom is 0.316 e. The summed E-state index contributed by atoms with van der Waals surface area (Å²) in [6.45, 7) is 3.38. The van der Waals surface area contributed by atoms with Gasteiger partial charge in [0.2, 0.25) is 0 Å². The Morgan fingerprint density at radius 1 is 1.12 bits per heavy atom. The molecule has 0 N–H and O–H groups in total. The first kappa shape index (κ1) is 17.4. The van der Waals surface area contributed by atoms with Crippen molar-refractivity contribution in [3.63, 3.8) is 0 Å². The molecule has 1 unspecified atom stereocenters. The van der Waals surface area contributed by atoms with E-state index in [1.807, 2.05) is 42.5 Å². The SMILES string of the molecule is CCOC(=O)C(Cc1ccc(-c2ccccc2C#N)cc1)C(C)=O.